The SMILES string of the molecule is CCOC(=O)c1c(OC(F)(F)F)cnc(OC)c1CN. The molecule has 112 valence electrons. The number of hydrogen-bond donors (Lipinski definition) is 1. The van der Waals surface area contributed by atoms with Crippen LogP contribution in [-0.4, -0.2) is 31.0 Å². The van der Waals surface area contributed by atoms with Gasteiger partial charge in [-0.05, 0) is 6.92 Å². The van der Waals surface area contributed by atoms with Crippen LogP contribution < -0.4 is 15.2 Å². The molecule has 6 nitrogen and oxygen atoms in total. The van der Waals surface area contributed by atoms with Crippen LogP contribution >= 0.6 is 0 Å². The number of carbonyl (C=O) groups is 1. The number of nitrogens with two attached hydrogens (primary N) is 1. The first-order valence-electron chi connectivity index (χ1n) is 5.52. The molecule has 0 aromatic carbocycles. The molecule has 2 N–H and O–H groups in total. The quantitative estimate of drug-likeness (QED) is 0.831. The molecule has 0 radical (unpaired) electrons. The number of hydrogen-bond acceptors (Lipinski definition) is 6. The third-order valence-electron chi connectivity index (χ3n) is 2.21. The molecule has 0 fully saturated rings. The largest absolute Gasteiger partial charge is 0.573 e. The van der Waals surface area contributed by atoms with E-state index in [2.05, 4.69) is 9.72 Å². The van der Waals surface area contributed by atoms with Gasteiger partial charge in [-0.25, -0.2) is 9.78 Å². The fourth-order valence-corrected chi connectivity index (χ4v) is 1.51. The molecule has 0 bridgehead atoms. The minimum atomic E-state index is -4.97. The number of alkyl halides is 3. The van der Waals surface area contributed by atoms with Gasteiger partial charge in [0.25, 0.3) is 0 Å². The Labute approximate surface area is 112 Å². The summed E-state index contributed by atoms with van der Waals surface area (Å²) in [6.07, 6.45) is -4.24. The molecule has 0 saturated carbocycles. The van der Waals surface area contributed by atoms with Crippen molar-refractivity contribution in [3.8, 4) is 11.6 Å². The zero-order chi connectivity index (χ0) is 15.3. The third-order valence-corrected chi connectivity index (χ3v) is 2.21. The zero-order valence-electron chi connectivity index (χ0n) is 10.8. The summed E-state index contributed by atoms with van der Waals surface area (Å²) in [6, 6.07) is 0. The number of esters is 1. The van der Waals surface area contributed by atoms with Gasteiger partial charge < -0.3 is 19.9 Å². The Bertz CT molecular complexity index is 491. The Balaban J connectivity index is 3.39. The van der Waals surface area contributed by atoms with E-state index in [0.29, 0.717) is 0 Å². The number of ether oxygens (including phenoxy) is 3. The third kappa shape index (κ3) is 3.73. The van der Waals surface area contributed by atoms with Gasteiger partial charge >= 0.3 is 12.3 Å². The summed E-state index contributed by atoms with van der Waals surface area (Å²) < 4.78 is 50.3. The van der Waals surface area contributed by atoms with Crippen molar-refractivity contribution in [2.24, 2.45) is 5.73 Å². The highest BCUT2D eigenvalue weighted by molar-refractivity contribution is 5.94. The molecule has 20 heavy (non-hydrogen) atoms. The molecular formula is C11H13F3N2O4. The van der Waals surface area contributed by atoms with E-state index in [1.165, 1.54) is 14.0 Å². The summed E-state index contributed by atoms with van der Waals surface area (Å²) in [5, 5.41) is 0. The van der Waals surface area contributed by atoms with E-state index in [-0.39, 0.29) is 24.6 Å². The predicted molar refractivity (Wildman–Crippen MR) is 61.3 cm³/mol. The molecule has 1 heterocycles. The van der Waals surface area contributed by atoms with E-state index < -0.39 is 23.6 Å². The highest BCUT2D eigenvalue weighted by Gasteiger charge is 2.35. The first-order chi connectivity index (χ1) is 9.34. The second kappa shape index (κ2) is 6.42. The van der Waals surface area contributed by atoms with Crippen LogP contribution in [0, 0.1) is 0 Å². The number of carbonyl (C=O) groups excluding carboxylic acids is 1. The van der Waals surface area contributed by atoms with Gasteiger partial charge in [-0.3, -0.25) is 0 Å². The predicted octanol–water partition coefficient (Wildman–Crippen LogP) is 1.62. The van der Waals surface area contributed by atoms with Crippen molar-refractivity contribution in [3.05, 3.63) is 17.3 Å². The fraction of sp³-hybridized carbons (Fsp3) is 0.455. The van der Waals surface area contributed by atoms with Crippen LogP contribution in [0.3, 0.4) is 0 Å². The minimum Gasteiger partial charge on any atom is -0.481 e. The summed E-state index contributed by atoms with van der Waals surface area (Å²) in [5.74, 6) is -1.84. The first-order valence-corrected chi connectivity index (χ1v) is 5.52. The van der Waals surface area contributed by atoms with Crippen molar-refractivity contribution < 1.29 is 32.2 Å². The topological polar surface area (TPSA) is 83.7 Å². The summed E-state index contributed by atoms with van der Waals surface area (Å²) in [5.41, 5.74) is 4.96. The van der Waals surface area contributed by atoms with E-state index in [4.69, 9.17) is 15.2 Å². The molecule has 0 spiro atoms. The minimum absolute atomic E-state index is 0.0149. The smallest absolute Gasteiger partial charge is 0.481 e. The van der Waals surface area contributed by atoms with Crippen LogP contribution in [0.1, 0.15) is 22.8 Å². The maximum absolute atomic E-state index is 12.3. The molecule has 0 saturated heterocycles. The molecule has 0 atom stereocenters. The Morgan fingerprint density at radius 1 is 1.45 bits per heavy atom. The fourth-order valence-electron chi connectivity index (χ4n) is 1.51. The number of pyridine rings is 1. The van der Waals surface area contributed by atoms with Crippen molar-refractivity contribution in [1.82, 2.24) is 4.98 Å². The lowest BCUT2D eigenvalue weighted by Crippen LogP contribution is -2.22. The highest BCUT2D eigenvalue weighted by atomic mass is 19.4. The summed E-state index contributed by atoms with van der Waals surface area (Å²) in [7, 11) is 1.25. The van der Waals surface area contributed by atoms with Crippen LogP contribution in [0.2, 0.25) is 0 Å². The van der Waals surface area contributed by atoms with Crippen molar-refractivity contribution in [2.45, 2.75) is 19.8 Å². The standard InChI is InChI=1S/C11H13F3N2O4/c1-3-19-10(17)8-6(4-15)9(18-2)16-5-7(8)20-11(12,13)14/h5H,3-4,15H2,1-2H3. The molecule has 0 unspecified atom stereocenters. The maximum Gasteiger partial charge on any atom is 0.573 e. The van der Waals surface area contributed by atoms with Gasteiger partial charge in [0, 0.05) is 12.1 Å². The first kappa shape index (κ1) is 16.0. The van der Waals surface area contributed by atoms with E-state index in [0.717, 1.165) is 6.20 Å². The molecule has 0 aliphatic heterocycles. The summed E-state index contributed by atoms with van der Waals surface area (Å²) >= 11 is 0. The van der Waals surface area contributed by atoms with Gasteiger partial charge in [-0.2, -0.15) is 0 Å². The number of nitrogens with zero attached hydrogens (tertiary/aromatic N) is 1. The second-order valence-corrected chi connectivity index (χ2v) is 3.46. The average molecular weight is 294 g/mol. The van der Waals surface area contributed by atoms with Gasteiger partial charge in [0.05, 0.1) is 19.9 Å². The highest BCUT2D eigenvalue weighted by Crippen LogP contribution is 2.32. The van der Waals surface area contributed by atoms with E-state index in [9.17, 15) is 18.0 Å². The van der Waals surface area contributed by atoms with E-state index in [1.54, 1.807) is 0 Å². The molecule has 0 amide bonds. The van der Waals surface area contributed by atoms with Gasteiger partial charge in [0.15, 0.2) is 5.75 Å². The number of methoxy groups -OCH3 is 1. The lowest BCUT2D eigenvalue weighted by atomic mass is 10.1. The Morgan fingerprint density at radius 3 is 2.55 bits per heavy atom. The van der Waals surface area contributed by atoms with Gasteiger partial charge in [0.2, 0.25) is 5.88 Å². The molecule has 1 aromatic heterocycles. The van der Waals surface area contributed by atoms with Crippen LogP contribution in [0.5, 0.6) is 11.6 Å². The molecule has 0 aliphatic carbocycles. The number of halogens is 3. The summed E-state index contributed by atoms with van der Waals surface area (Å²) in [6.45, 7) is 1.24. The van der Waals surface area contributed by atoms with Crippen molar-refractivity contribution >= 4 is 5.97 Å². The van der Waals surface area contributed by atoms with Gasteiger partial charge in [-0.1, -0.05) is 0 Å². The molecule has 1 aromatic rings. The van der Waals surface area contributed by atoms with Gasteiger partial charge in [0.1, 0.15) is 5.56 Å². The Kier molecular flexibility index (Phi) is 5.14. The maximum atomic E-state index is 12.3. The van der Waals surface area contributed by atoms with Crippen LogP contribution in [0.4, 0.5) is 13.2 Å². The van der Waals surface area contributed by atoms with Crippen molar-refractivity contribution in [3.63, 3.8) is 0 Å². The molecule has 9 heteroatoms. The van der Waals surface area contributed by atoms with Crippen molar-refractivity contribution in [1.29, 1.82) is 0 Å². The van der Waals surface area contributed by atoms with Gasteiger partial charge in [-0.15, -0.1) is 13.2 Å². The normalized spacial score (nSPS) is 11.1. The second-order valence-electron chi connectivity index (χ2n) is 3.46. The van der Waals surface area contributed by atoms with Crippen molar-refractivity contribution in [2.75, 3.05) is 13.7 Å². The lowest BCUT2D eigenvalue weighted by Gasteiger charge is -2.16. The monoisotopic (exact) mass is 294 g/mol. The van der Waals surface area contributed by atoms with E-state index in [1.807, 2.05) is 0 Å². The van der Waals surface area contributed by atoms with E-state index >= 15 is 0 Å². The average Bonchev–Trinajstić information content (AvgIpc) is 2.36. The number of aromatic nitrogens is 1. The molecular weight excluding hydrogens is 281 g/mol. The molecule has 1 rings (SSSR count). The van der Waals surface area contributed by atoms with Crippen LogP contribution in [-0.2, 0) is 11.3 Å². The lowest BCUT2D eigenvalue weighted by molar-refractivity contribution is -0.274. The van der Waals surface area contributed by atoms with Crippen LogP contribution in [0.25, 0.3) is 0 Å². The number of rotatable bonds is 5. The zero-order valence-corrected chi connectivity index (χ0v) is 10.8. The summed E-state index contributed by atoms with van der Waals surface area (Å²) in [4.78, 5) is 15.4. The molecule has 0 aliphatic rings. The van der Waals surface area contributed by atoms with Crippen LogP contribution in [0.15, 0.2) is 6.20 Å². The Hall–Kier alpha value is -2.03. The Morgan fingerprint density at radius 2 is 2.10 bits per heavy atom.